The number of hydrogen-bond acceptors (Lipinski definition) is 18. The summed E-state index contributed by atoms with van der Waals surface area (Å²) in [5.41, 5.74) is 16.8. The molecule has 0 heterocycles. The fourth-order valence-corrected chi connectivity index (χ4v) is 6.70. The van der Waals surface area contributed by atoms with Crippen LogP contribution in [0.5, 0.6) is 0 Å². The SMILES string of the molecule is CC(C)[C@H](NC(=O)[C@@H](NC(=O)[C@@H](NC(=O)[C@H](CO)NC(=O)[C@@H](NC(=O)[C@H](Cc1ccccc1)NC(=O)[C@H](CC(N)=O)NC(=O)[C@@H](N)CO)[C@@H](C)O)[C@@H](C)O)[C@@H](C)O)C(=O)N[C@@H](CCCCN)C(=O)N[C@@H](C)C(=O)O. The highest BCUT2D eigenvalue weighted by atomic mass is 16.4. The van der Waals surface area contributed by atoms with E-state index in [0.29, 0.717) is 18.4 Å². The van der Waals surface area contributed by atoms with Gasteiger partial charge in [0.1, 0.15) is 60.4 Å². The van der Waals surface area contributed by atoms with Gasteiger partial charge in [0.15, 0.2) is 0 Å². The number of carbonyl (C=O) groups excluding carboxylic acids is 10. The van der Waals surface area contributed by atoms with Gasteiger partial charge in [0.2, 0.25) is 59.1 Å². The molecule has 13 atom stereocenters. The fraction of sp³-hybridized carbons (Fsp3) is 0.622. The van der Waals surface area contributed by atoms with E-state index in [0.717, 1.165) is 20.8 Å². The first-order valence-corrected chi connectivity index (χ1v) is 23.6. The van der Waals surface area contributed by atoms with Gasteiger partial charge in [-0.25, -0.2) is 0 Å². The van der Waals surface area contributed by atoms with Gasteiger partial charge in [0, 0.05) is 6.42 Å². The summed E-state index contributed by atoms with van der Waals surface area (Å²) in [6.07, 6.45) is -5.39. The Balaban J connectivity index is 3.32. The van der Waals surface area contributed by atoms with E-state index in [1.807, 2.05) is 0 Å². The molecule has 1 aromatic carbocycles. The second kappa shape index (κ2) is 32.3. The van der Waals surface area contributed by atoms with E-state index < -0.39 is 169 Å². The number of carboxylic acids is 1. The van der Waals surface area contributed by atoms with E-state index in [1.165, 1.54) is 20.8 Å². The quantitative estimate of drug-likeness (QED) is 0.0291. The summed E-state index contributed by atoms with van der Waals surface area (Å²) in [6, 6.07) is -8.49. The zero-order valence-corrected chi connectivity index (χ0v) is 42.0. The second-order valence-electron chi connectivity index (χ2n) is 17.8. The van der Waals surface area contributed by atoms with Crippen molar-refractivity contribution in [2.75, 3.05) is 19.8 Å². The summed E-state index contributed by atoms with van der Waals surface area (Å²) < 4.78 is 0. The van der Waals surface area contributed by atoms with Crippen LogP contribution in [0.25, 0.3) is 0 Å². The van der Waals surface area contributed by atoms with Gasteiger partial charge in [-0.3, -0.25) is 52.7 Å². The van der Waals surface area contributed by atoms with E-state index in [4.69, 9.17) is 17.2 Å². The first-order valence-electron chi connectivity index (χ1n) is 23.6. The maximum atomic E-state index is 13.8. The van der Waals surface area contributed by atoms with Crippen molar-refractivity contribution in [1.29, 1.82) is 0 Å². The molecule has 29 nitrogen and oxygen atoms in total. The van der Waals surface area contributed by atoms with Crippen molar-refractivity contribution >= 4 is 65.0 Å². The van der Waals surface area contributed by atoms with E-state index in [2.05, 4.69) is 47.9 Å². The average molecular weight is 1060 g/mol. The van der Waals surface area contributed by atoms with Gasteiger partial charge in [0.05, 0.1) is 37.9 Å². The summed E-state index contributed by atoms with van der Waals surface area (Å²) in [5, 5.41) is 80.9. The van der Waals surface area contributed by atoms with Crippen molar-refractivity contribution in [2.24, 2.45) is 23.1 Å². The summed E-state index contributed by atoms with van der Waals surface area (Å²) in [5.74, 6) is -13.1. The Hall–Kier alpha value is -6.89. The molecule has 21 N–H and O–H groups in total. The monoisotopic (exact) mass is 1050 g/mol. The third-order valence-corrected chi connectivity index (χ3v) is 11.0. The first kappa shape index (κ1) is 65.1. The molecule has 0 aromatic heterocycles. The topological polar surface area (TPSA) is 495 Å². The van der Waals surface area contributed by atoms with Gasteiger partial charge in [0.25, 0.3) is 0 Å². The zero-order valence-electron chi connectivity index (χ0n) is 42.0. The number of aliphatic hydroxyl groups excluding tert-OH is 5. The minimum atomic E-state index is -1.97. The Kier molecular flexibility index (Phi) is 28.5. The number of aliphatic hydroxyl groups is 5. The number of hydrogen-bond donors (Lipinski definition) is 18. The van der Waals surface area contributed by atoms with Crippen LogP contribution in [-0.2, 0) is 59.2 Å². The Morgan fingerprint density at radius 1 is 0.500 bits per heavy atom. The summed E-state index contributed by atoms with van der Waals surface area (Å²) in [7, 11) is 0. The van der Waals surface area contributed by atoms with Crippen LogP contribution < -0.4 is 65.1 Å². The van der Waals surface area contributed by atoms with E-state index >= 15 is 0 Å². The molecule has 0 saturated carbocycles. The predicted molar refractivity (Wildman–Crippen MR) is 260 cm³/mol. The third kappa shape index (κ3) is 22.1. The van der Waals surface area contributed by atoms with Crippen LogP contribution >= 0.6 is 0 Å². The molecular formula is C45H74N12O17. The summed E-state index contributed by atoms with van der Waals surface area (Å²) in [4.78, 5) is 144. The van der Waals surface area contributed by atoms with E-state index in [-0.39, 0.29) is 19.4 Å². The van der Waals surface area contributed by atoms with Gasteiger partial charge in [-0.05, 0) is 65.0 Å². The lowest BCUT2D eigenvalue weighted by Gasteiger charge is -2.30. The Bertz CT molecular complexity index is 2080. The first-order chi connectivity index (χ1) is 34.6. The molecule has 0 aliphatic rings. The number of unbranched alkanes of at least 4 members (excludes halogenated alkanes) is 1. The number of nitrogens with one attached hydrogen (secondary N) is 9. The molecule has 0 aliphatic heterocycles. The van der Waals surface area contributed by atoms with Crippen LogP contribution in [0.3, 0.4) is 0 Å². The molecule has 0 aliphatic carbocycles. The van der Waals surface area contributed by atoms with Gasteiger partial charge in [-0.15, -0.1) is 0 Å². The normalized spacial score (nSPS) is 16.5. The Labute approximate surface area is 426 Å². The number of nitrogens with two attached hydrogens (primary N) is 3. The Morgan fingerprint density at radius 3 is 1.35 bits per heavy atom. The van der Waals surface area contributed by atoms with Crippen molar-refractivity contribution in [2.45, 2.75) is 152 Å². The molecular weight excluding hydrogens is 981 g/mol. The zero-order chi connectivity index (χ0) is 56.6. The van der Waals surface area contributed by atoms with Crippen LogP contribution in [0.4, 0.5) is 0 Å². The molecule has 29 heteroatoms. The van der Waals surface area contributed by atoms with Crippen LogP contribution in [0.1, 0.15) is 72.8 Å². The highest BCUT2D eigenvalue weighted by molar-refractivity contribution is 5.99. The van der Waals surface area contributed by atoms with Gasteiger partial charge in [-0.2, -0.15) is 0 Å². The molecule has 10 amide bonds. The number of aliphatic carboxylic acids is 1. The molecule has 1 rings (SSSR count). The lowest BCUT2D eigenvalue weighted by Crippen LogP contribution is -2.64. The highest BCUT2D eigenvalue weighted by Crippen LogP contribution is 2.10. The number of benzene rings is 1. The minimum absolute atomic E-state index is 0.0462. The van der Waals surface area contributed by atoms with Gasteiger partial charge in [-0.1, -0.05) is 44.2 Å². The number of carbonyl (C=O) groups is 11. The largest absolute Gasteiger partial charge is 0.480 e. The molecule has 0 unspecified atom stereocenters. The van der Waals surface area contributed by atoms with Crippen LogP contribution in [0.15, 0.2) is 30.3 Å². The van der Waals surface area contributed by atoms with Gasteiger partial charge < -0.3 is 95.7 Å². The highest BCUT2D eigenvalue weighted by Gasteiger charge is 2.38. The van der Waals surface area contributed by atoms with Crippen LogP contribution in [-0.4, -0.2) is 194 Å². The summed E-state index contributed by atoms with van der Waals surface area (Å²) >= 11 is 0. The number of primary amides is 1. The molecule has 1 aromatic rings. The smallest absolute Gasteiger partial charge is 0.325 e. The number of amides is 10. The average Bonchev–Trinajstić information content (AvgIpc) is 3.32. The van der Waals surface area contributed by atoms with E-state index in [9.17, 15) is 83.4 Å². The molecule has 416 valence electrons. The van der Waals surface area contributed by atoms with E-state index in [1.54, 1.807) is 30.3 Å². The fourth-order valence-electron chi connectivity index (χ4n) is 6.70. The molecule has 0 saturated heterocycles. The van der Waals surface area contributed by atoms with Gasteiger partial charge >= 0.3 is 5.97 Å². The lowest BCUT2D eigenvalue weighted by molar-refractivity contribution is -0.142. The van der Waals surface area contributed by atoms with Crippen LogP contribution in [0, 0.1) is 5.92 Å². The Morgan fingerprint density at radius 2 is 0.905 bits per heavy atom. The molecule has 74 heavy (non-hydrogen) atoms. The minimum Gasteiger partial charge on any atom is -0.480 e. The standard InChI is InChI=1S/C45H74N12O17/c1-20(2)32(41(69)50-27(14-10-11-15-46)37(65)49-21(3)45(73)74)54-43(71)35(24(6)62)57-44(72)34(23(5)61)56-40(68)30(19-59)53-42(70)33(22(4)60)55-39(67)28(16-25-12-8-7-9-13-25)52-38(66)29(17-31(48)63)51-36(64)26(47)18-58/h7-9,12-13,20-24,26-30,32-35,58-62H,10-11,14-19,46-47H2,1-6H3,(H2,48,63)(H,49,65)(H,50,69)(H,51,64)(H,52,66)(H,53,70)(H,54,71)(H,55,67)(H,56,68)(H,57,72)(H,73,74)/t21-,22+,23+,24+,26-,27-,28-,29-,30-,32-,33-,34-,35-/m0/s1. The molecule has 0 radical (unpaired) electrons. The summed E-state index contributed by atoms with van der Waals surface area (Å²) in [6.45, 7) is 5.73. The maximum Gasteiger partial charge on any atom is 0.325 e. The second-order valence-corrected chi connectivity index (χ2v) is 17.8. The van der Waals surface area contributed by atoms with Crippen molar-refractivity contribution in [1.82, 2.24) is 47.9 Å². The predicted octanol–water partition coefficient (Wildman–Crippen LogP) is -8.19. The number of carboxylic acid groups (broad SMARTS) is 1. The molecule has 0 fully saturated rings. The van der Waals surface area contributed by atoms with Crippen molar-refractivity contribution in [3.63, 3.8) is 0 Å². The third-order valence-electron chi connectivity index (χ3n) is 11.0. The van der Waals surface area contributed by atoms with Crippen LogP contribution in [0.2, 0.25) is 0 Å². The molecule has 0 spiro atoms. The van der Waals surface area contributed by atoms with Crippen molar-refractivity contribution in [3.05, 3.63) is 35.9 Å². The molecule has 0 bridgehead atoms. The maximum absolute atomic E-state index is 13.8. The lowest BCUT2D eigenvalue weighted by atomic mass is 10.0. The number of rotatable bonds is 33. The van der Waals surface area contributed by atoms with Crippen molar-refractivity contribution < 1.29 is 83.4 Å². The van der Waals surface area contributed by atoms with Crippen molar-refractivity contribution in [3.8, 4) is 0 Å².